The fraction of sp³-hybridized carbons (Fsp3) is 0.417. The van der Waals surface area contributed by atoms with Crippen LogP contribution in [-0.2, 0) is 25.9 Å². The van der Waals surface area contributed by atoms with Gasteiger partial charge in [0.2, 0.25) is 0 Å². The third-order valence-corrected chi connectivity index (χ3v) is 10.5. The van der Waals surface area contributed by atoms with Crippen LogP contribution in [0.4, 0.5) is 16.2 Å². The molecule has 1 saturated heterocycles. The van der Waals surface area contributed by atoms with E-state index in [1.54, 1.807) is 30.0 Å². The molecule has 1 fully saturated rings. The molecule has 2 aliphatic heterocycles. The summed E-state index contributed by atoms with van der Waals surface area (Å²) in [5, 5.41) is 0.956. The number of anilines is 2. The Bertz CT molecular complexity index is 1860. The first-order valence-corrected chi connectivity index (χ1v) is 17.5. The lowest BCUT2D eigenvalue weighted by atomic mass is 9.92. The zero-order chi connectivity index (χ0) is 32.8. The van der Waals surface area contributed by atoms with Gasteiger partial charge in [0, 0.05) is 48.6 Å². The summed E-state index contributed by atoms with van der Waals surface area (Å²) >= 11 is 0. The number of para-hydroxylation sites is 1. The van der Waals surface area contributed by atoms with E-state index in [9.17, 15) is 13.2 Å². The fourth-order valence-corrected chi connectivity index (χ4v) is 8.37. The van der Waals surface area contributed by atoms with Crippen LogP contribution in [0.5, 0.6) is 5.75 Å². The van der Waals surface area contributed by atoms with Crippen LogP contribution in [0, 0.1) is 6.92 Å². The monoisotopic (exact) mass is 645 g/mol. The van der Waals surface area contributed by atoms with Crippen molar-refractivity contribution < 1.29 is 27.4 Å². The maximum atomic E-state index is 13.2. The third kappa shape index (κ3) is 6.13. The van der Waals surface area contributed by atoms with Crippen molar-refractivity contribution in [1.29, 1.82) is 0 Å². The number of piperidine rings is 1. The molecule has 2 atom stereocenters. The number of hydrogen-bond acceptors (Lipinski definition) is 8. The number of methoxy groups -OCH3 is 1. The van der Waals surface area contributed by atoms with E-state index in [2.05, 4.69) is 17.0 Å². The minimum absolute atomic E-state index is 0.0583. The zero-order valence-electron chi connectivity index (χ0n) is 27.4. The van der Waals surface area contributed by atoms with Crippen LogP contribution in [0.25, 0.3) is 10.9 Å². The lowest BCUT2D eigenvalue weighted by Gasteiger charge is -2.40. The van der Waals surface area contributed by atoms with Crippen molar-refractivity contribution in [2.24, 2.45) is 0 Å². The standard InChI is InChI=1S/C36H43N3O6S/c1-7-44-27-16-18-37(22-29-28-17-19-38(35(40)45-36(3,4)5)34(28)24(2)20-32(29)43-6)31(21-27)25-12-14-26(15-13-25)39-23-46(41,42)33-11-9-8-10-30(33)39/h8-15,17,19-20,27,31H,7,16,18,21-23H2,1-6H3/t27-,31-/m0/s1. The lowest BCUT2D eigenvalue weighted by Crippen LogP contribution is -2.39. The predicted molar refractivity (Wildman–Crippen MR) is 180 cm³/mol. The molecule has 6 rings (SSSR count). The molecule has 4 aromatic rings. The Labute approximate surface area is 271 Å². The summed E-state index contributed by atoms with van der Waals surface area (Å²) in [6.45, 7) is 11.7. The van der Waals surface area contributed by atoms with Gasteiger partial charge in [-0.25, -0.2) is 13.2 Å². The number of benzene rings is 3. The number of nitrogens with zero attached hydrogens (tertiary/aromatic N) is 3. The van der Waals surface area contributed by atoms with Gasteiger partial charge in [-0.1, -0.05) is 24.3 Å². The van der Waals surface area contributed by atoms with Gasteiger partial charge in [0.15, 0.2) is 9.84 Å². The van der Waals surface area contributed by atoms with Gasteiger partial charge in [-0.3, -0.25) is 9.47 Å². The van der Waals surface area contributed by atoms with E-state index in [1.165, 1.54) is 0 Å². The second-order valence-corrected chi connectivity index (χ2v) is 15.0. The van der Waals surface area contributed by atoms with Crippen LogP contribution in [-0.4, -0.2) is 61.8 Å². The highest BCUT2D eigenvalue weighted by Gasteiger charge is 2.34. The Hall–Kier alpha value is -3.86. The molecule has 9 nitrogen and oxygen atoms in total. The summed E-state index contributed by atoms with van der Waals surface area (Å²) in [6.07, 6.45) is 3.23. The molecule has 46 heavy (non-hydrogen) atoms. The second-order valence-electron chi connectivity index (χ2n) is 13.1. The number of aromatic nitrogens is 1. The van der Waals surface area contributed by atoms with Crippen molar-refractivity contribution in [3.63, 3.8) is 0 Å². The van der Waals surface area contributed by atoms with Crippen molar-refractivity contribution in [1.82, 2.24) is 9.47 Å². The summed E-state index contributed by atoms with van der Waals surface area (Å²) in [7, 11) is -1.69. The molecule has 10 heteroatoms. The van der Waals surface area contributed by atoms with E-state index in [4.69, 9.17) is 14.2 Å². The van der Waals surface area contributed by atoms with Gasteiger partial charge in [-0.2, -0.15) is 0 Å². The Balaban J connectivity index is 1.34. The van der Waals surface area contributed by atoms with E-state index in [-0.39, 0.29) is 18.0 Å². The highest BCUT2D eigenvalue weighted by molar-refractivity contribution is 7.92. The molecule has 3 heterocycles. The minimum Gasteiger partial charge on any atom is -0.496 e. The zero-order valence-corrected chi connectivity index (χ0v) is 28.3. The maximum absolute atomic E-state index is 13.2. The van der Waals surface area contributed by atoms with Crippen LogP contribution < -0.4 is 9.64 Å². The van der Waals surface area contributed by atoms with E-state index < -0.39 is 21.5 Å². The highest BCUT2D eigenvalue weighted by atomic mass is 32.2. The SMILES string of the molecule is CCO[C@H]1CCN(Cc2c(OC)cc(C)c3c2ccn3C(=O)OC(C)(C)C)[C@H](c2ccc(N3CS(=O)(=O)c4ccccc43)cc2)C1. The summed E-state index contributed by atoms with van der Waals surface area (Å²) in [4.78, 5) is 17.8. The first-order chi connectivity index (χ1) is 21.9. The molecule has 0 saturated carbocycles. The van der Waals surface area contributed by atoms with Gasteiger partial charge in [0.1, 0.15) is 17.2 Å². The Morgan fingerprint density at radius 1 is 1.04 bits per heavy atom. The number of carbonyl (C=O) groups excluding carboxylic acids is 1. The van der Waals surface area contributed by atoms with Crippen LogP contribution in [0.3, 0.4) is 0 Å². The van der Waals surface area contributed by atoms with Crippen LogP contribution >= 0.6 is 0 Å². The van der Waals surface area contributed by atoms with Crippen molar-refractivity contribution >= 4 is 38.2 Å². The summed E-state index contributed by atoms with van der Waals surface area (Å²) in [5.41, 5.74) is 4.83. The summed E-state index contributed by atoms with van der Waals surface area (Å²) in [5.74, 6) is 0.710. The van der Waals surface area contributed by atoms with Crippen molar-refractivity contribution in [2.75, 3.05) is 31.0 Å². The van der Waals surface area contributed by atoms with Crippen molar-refractivity contribution in [2.45, 2.75) is 76.6 Å². The lowest BCUT2D eigenvalue weighted by molar-refractivity contribution is -0.0138. The van der Waals surface area contributed by atoms with Gasteiger partial charge < -0.3 is 19.1 Å². The molecule has 0 amide bonds. The molecule has 0 unspecified atom stereocenters. The molecule has 3 aromatic carbocycles. The molecule has 244 valence electrons. The van der Waals surface area contributed by atoms with Gasteiger partial charge >= 0.3 is 6.09 Å². The average Bonchev–Trinajstić information content (AvgIpc) is 3.58. The van der Waals surface area contributed by atoms with E-state index in [0.29, 0.717) is 23.7 Å². The topological polar surface area (TPSA) is 90.3 Å². The first kappa shape index (κ1) is 32.1. The summed E-state index contributed by atoms with van der Waals surface area (Å²) in [6, 6.07) is 19.4. The number of ether oxygens (including phenoxy) is 3. The number of sulfone groups is 1. The molecular weight excluding hydrogens is 602 g/mol. The number of rotatable bonds is 7. The normalized spacial score (nSPS) is 19.7. The molecule has 2 aliphatic rings. The molecule has 0 radical (unpaired) electrons. The van der Waals surface area contributed by atoms with Gasteiger partial charge in [0.25, 0.3) is 0 Å². The number of likely N-dealkylation sites (tertiary alicyclic amines) is 1. The summed E-state index contributed by atoms with van der Waals surface area (Å²) < 4.78 is 45.0. The molecule has 1 aromatic heterocycles. The predicted octanol–water partition coefficient (Wildman–Crippen LogP) is 7.37. The third-order valence-electron chi connectivity index (χ3n) is 8.85. The smallest absolute Gasteiger partial charge is 0.419 e. The molecular formula is C36H43N3O6S. The maximum Gasteiger partial charge on any atom is 0.419 e. The fourth-order valence-electron chi connectivity index (χ4n) is 6.82. The minimum atomic E-state index is -3.37. The van der Waals surface area contributed by atoms with Crippen LogP contribution in [0.2, 0.25) is 0 Å². The largest absolute Gasteiger partial charge is 0.496 e. The molecule has 0 aliphatic carbocycles. The van der Waals surface area contributed by atoms with E-state index >= 15 is 0 Å². The van der Waals surface area contributed by atoms with Gasteiger partial charge in [-0.05, 0) is 95.0 Å². The van der Waals surface area contributed by atoms with Crippen LogP contribution in [0.15, 0.2) is 71.8 Å². The average molecular weight is 646 g/mol. The number of aryl methyl sites for hydroxylation is 1. The number of fused-ring (bicyclic) bond motifs is 2. The molecule has 0 spiro atoms. The number of hydrogen-bond donors (Lipinski definition) is 0. The van der Waals surface area contributed by atoms with Gasteiger partial charge in [-0.15, -0.1) is 0 Å². The van der Waals surface area contributed by atoms with E-state index in [0.717, 1.165) is 58.4 Å². The van der Waals surface area contributed by atoms with Gasteiger partial charge in [0.05, 0.1) is 29.3 Å². The van der Waals surface area contributed by atoms with Crippen LogP contribution in [0.1, 0.15) is 63.3 Å². The quantitative estimate of drug-likeness (QED) is 0.206. The Kier molecular flexibility index (Phi) is 8.65. The van der Waals surface area contributed by atoms with Crippen molar-refractivity contribution in [3.8, 4) is 5.75 Å². The number of carbonyl (C=O) groups is 1. The molecule has 0 N–H and O–H groups in total. The second kappa shape index (κ2) is 12.4. The highest BCUT2D eigenvalue weighted by Crippen LogP contribution is 2.41. The molecule has 0 bridgehead atoms. The Morgan fingerprint density at radius 2 is 1.78 bits per heavy atom. The van der Waals surface area contributed by atoms with E-state index in [1.807, 2.05) is 75.9 Å². The first-order valence-electron chi connectivity index (χ1n) is 15.9. The Morgan fingerprint density at radius 3 is 2.48 bits per heavy atom. The van der Waals surface area contributed by atoms with Crippen molar-refractivity contribution in [3.05, 3.63) is 83.6 Å².